The van der Waals surface area contributed by atoms with Crippen molar-refractivity contribution in [3.05, 3.63) is 30.1 Å². The molecule has 0 bridgehead atoms. The Morgan fingerprint density at radius 1 is 1.23 bits per heavy atom. The van der Waals surface area contributed by atoms with Crippen LogP contribution in [0.2, 0.25) is 0 Å². The zero-order chi connectivity index (χ0) is 15.2. The SMILES string of the molecule is COCCN1CC[C@H](N2CCOCC2)[C@H]1Cc1ccncc1. The topological polar surface area (TPSA) is 37.8 Å². The van der Waals surface area contributed by atoms with Gasteiger partial charge in [-0.15, -0.1) is 0 Å². The number of pyridine rings is 1. The first kappa shape index (κ1) is 15.9. The molecule has 1 aromatic heterocycles. The second kappa shape index (κ2) is 8.02. The Hall–Kier alpha value is -1.01. The number of nitrogens with zero attached hydrogens (tertiary/aromatic N) is 3. The van der Waals surface area contributed by atoms with Crippen molar-refractivity contribution in [3.63, 3.8) is 0 Å². The van der Waals surface area contributed by atoms with Crippen molar-refractivity contribution in [3.8, 4) is 0 Å². The summed E-state index contributed by atoms with van der Waals surface area (Å²) in [6.07, 6.45) is 6.13. The molecule has 0 N–H and O–H groups in total. The lowest BCUT2D eigenvalue weighted by Gasteiger charge is -2.37. The summed E-state index contributed by atoms with van der Waals surface area (Å²) in [4.78, 5) is 9.37. The van der Waals surface area contributed by atoms with E-state index < -0.39 is 0 Å². The van der Waals surface area contributed by atoms with Gasteiger partial charge in [-0.2, -0.15) is 0 Å². The summed E-state index contributed by atoms with van der Waals surface area (Å²) in [5, 5.41) is 0. The van der Waals surface area contributed by atoms with E-state index in [1.54, 1.807) is 7.11 Å². The monoisotopic (exact) mass is 305 g/mol. The van der Waals surface area contributed by atoms with E-state index in [-0.39, 0.29) is 0 Å². The van der Waals surface area contributed by atoms with Crippen LogP contribution in [0.4, 0.5) is 0 Å². The Morgan fingerprint density at radius 2 is 2.00 bits per heavy atom. The number of hydrogen-bond acceptors (Lipinski definition) is 5. The molecule has 122 valence electrons. The van der Waals surface area contributed by atoms with Gasteiger partial charge in [0.05, 0.1) is 19.8 Å². The number of likely N-dealkylation sites (tertiary alicyclic amines) is 1. The highest BCUT2D eigenvalue weighted by Crippen LogP contribution is 2.26. The van der Waals surface area contributed by atoms with Crippen LogP contribution in [0.3, 0.4) is 0 Å². The van der Waals surface area contributed by atoms with E-state index in [0.717, 1.165) is 45.9 Å². The van der Waals surface area contributed by atoms with Crippen molar-refractivity contribution in [1.82, 2.24) is 14.8 Å². The Kier molecular flexibility index (Phi) is 5.78. The van der Waals surface area contributed by atoms with E-state index in [4.69, 9.17) is 9.47 Å². The quantitative estimate of drug-likeness (QED) is 0.785. The molecule has 2 fully saturated rings. The normalized spacial score (nSPS) is 27.3. The molecule has 0 aromatic carbocycles. The molecule has 22 heavy (non-hydrogen) atoms. The zero-order valence-corrected chi connectivity index (χ0v) is 13.5. The van der Waals surface area contributed by atoms with Crippen molar-refractivity contribution < 1.29 is 9.47 Å². The van der Waals surface area contributed by atoms with E-state index in [2.05, 4.69) is 26.9 Å². The molecule has 0 amide bonds. The number of ether oxygens (including phenoxy) is 2. The molecule has 5 nitrogen and oxygen atoms in total. The fourth-order valence-electron chi connectivity index (χ4n) is 3.75. The molecule has 0 saturated carbocycles. The summed E-state index contributed by atoms with van der Waals surface area (Å²) in [6.45, 7) is 6.87. The number of morpholine rings is 1. The summed E-state index contributed by atoms with van der Waals surface area (Å²) in [5.74, 6) is 0. The highest BCUT2D eigenvalue weighted by atomic mass is 16.5. The van der Waals surface area contributed by atoms with Gasteiger partial charge in [-0.25, -0.2) is 0 Å². The summed E-state index contributed by atoms with van der Waals surface area (Å²) in [6, 6.07) is 5.48. The summed E-state index contributed by atoms with van der Waals surface area (Å²) in [7, 11) is 1.79. The average molecular weight is 305 g/mol. The van der Waals surface area contributed by atoms with Gasteiger partial charge in [0.15, 0.2) is 0 Å². The molecule has 0 unspecified atom stereocenters. The van der Waals surface area contributed by atoms with Crippen LogP contribution in [-0.2, 0) is 15.9 Å². The van der Waals surface area contributed by atoms with Gasteiger partial charge in [-0.05, 0) is 30.5 Å². The number of rotatable bonds is 6. The van der Waals surface area contributed by atoms with Crippen LogP contribution in [-0.4, -0.2) is 80.0 Å². The molecular formula is C17H27N3O2. The Balaban J connectivity index is 1.70. The van der Waals surface area contributed by atoms with E-state index in [1.165, 1.54) is 18.5 Å². The molecule has 0 radical (unpaired) electrons. The van der Waals surface area contributed by atoms with Crippen molar-refractivity contribution in [2.75, 3.05) is 53.1 Å². The lowest BCUT2D eigenvalue weighted by atomic mass is 9.99. The maximum atomic E-state index is 5.52. The minimum atomic E-state index is 0.565. The molecule has 2 saturated heterocycles. The lowest BCUT2D eigenvalue weighted by Crippen LogP contribution is -2.50. The van der Waals surface area contributed by atoms with E-state index in [0.29, 0.717) is 12.1 Å². The maximum Gasteiger partial charge on any atom is 0.0594 e. The van der Waals surface area contributed by atoms with E-state index >= 15 is 0 Å². The van der Waals surface area contributed by atoms with E-state index in [1.807, 2.05) is 12.4 Å². The number of aromatic nitrogens is 1. The Labute approximate surface area is 133 Å². The van der Waals surface area contributed by atoms with Crippen molar-refractivity contribution in [2.24, 2.45) is 0 Å². The Bertz CT molecular complexity index is 437. The first-order chi connectivity index (χ1) is 10.9. The van der Waals surface area contributed by atoms with Gasteiger partial charge in [-0.1, -0.05) is 0 Å². The second-order valence-corrected chi connectivity index (χ2v) is 6.16. The highest BCUT2D eigenvalue weighted by Gasteiger charge is 2.37. The molecular weight excluding hydrogens is 278 g/mol. The van der Waals surface area contributed by atoms with Gasteiger partial charge in [0.25, 0.3) is 0 Å². The van der Waals surface area contributed by atoms with Crippen LogP contribution in [0, 0.1) is 0 Å². The van der Waals surface area contributed by atoms with Crippen molar-refractivity contribution in [2.45, 2.75) is 24.9 Å². The third-order valence-corrected chi connectivity index (χ3v) is 4.92. The molecule has 2 atom stereocenters. The fourth-order valence-corrected chi connectivity index (χ4v) is 3.75. The zero-order valence-electron chi connectivity index (χ0n) is 13.5. The standard InChI is InChI=1S/C17H27N3O2/c1-21-11-8-19-7-4-16(20-9-12-22-13-10-20)17(19)14-15-2-5-18-6-3-15/h2-3,5-6,16-17H,4,7-14H2,1H3/t16-,17+/m0/s1. The minimum Gasteiger partial charge on any atom is -0.383 e. The van der Waals surface area contributed by atoms with Gasteiger partial charge in [-0.3, -0.25) is 14.8 Å². The molecule has 5 heteroatoms. The summed E-state index contributed by atoms with van der Waals surface area (Å²) >= 11 is 0. The first-order valence-corrected chi connectivity index (χ1v) is 8.32. The number of hydrogen-bond donors (Lipinski definition) is 0. The fraction of sp³-hybridized carbons (Fsp3) is 0.706. The Morgan fingerprint density at radius 3 is 2.73 bits per heavy atom. The first-order valence-electron chi connectivity index (χ1n) is 8.32. The van der Waals surface area contributed by atoms with Gasteiger partial charge in [0.2, 0.25) is 0 Å². The molecule has 3 rings (SSSR count). The highest BCUT2D eigenvalue weighted by molar-refractivity contribution is 5.13. The molecule has 0 spiro atoms. The van der Waals surface area contributed by atoms with Crippen LogP contribution >= 0.6 is 0 Å². The minimum absolute atomic E-state index is 0.565. The molecule has 2 aliphatic rings. The van der Waals surface area contributed by atoms with Crippen LogP contribution in [0.1, 0.15) is 12.0 Å². The third-order valence-electron chi connectivity index (χ3n) is 4.92. The van der Waals surface area contributed by atoms with Gasteiger partial charge >= 0.3 is 0 Å². The summed E-state index contributed by atoms with van der Waals surface area (Å²) in [5.41, 5.74) is 1.38. The maximum absolute atomic E-state index is 5.52. The smallest absolute Gasteiger partial charge is 0.0594 e. The summed E-state index contributed by atoms with van der Waals surface area (Å²) < 4.78 is 10.8. The van der Waals surface area contributed by atoms with E-state index in [9.17, 15) is 0 Å². The predicted molar refractivity (Wildman–Crippen MR) is 86.0 cm³/mol. The number of methoxy groups -OCH3 is 1. The van der Waals surface area contributed by atoms with Crippen molar-refractivity contribution in [1.29, 1.82) is 0 Å². The second-order valence-electron chi connectivity index (χ2n) is 6.16. The third kappa shape index (κ3) is 3.84. The van der Waals surface area contributed by atoms with Crippen LogP contribution in [0.15, 0.2) is 24.5 Å². The van der Waals surface area contributed by atoms with Crippen LogP contribution in [0.25, 0.3) is 0 Å². The molecule has 1 aromatic rings. The predicted octanol–water partition coefficient (Wildman–Crippen LogP) is 1.05. The van der Waals surface area contributed by atoms with Crippen LogP contribution < -0.4 is 0 Å². The van der Waals surface area contributed by atoms with Crippen molar-refractivity contribution >= 4 is 0 Å². The van der Waals surface area contributed by atoms with Gasteiger partial charge in [0, 0.05) is 57.8 Å². The largest absolute Gasteiger partial charge is 0.383 e. The molecule has 3 heterocycles. The average Bonchev–Trinajstić information content (AvgIpc) is 2.97. The van der Waals surface area contributed by atoms with Gasteiger partial charge in [0.1, 0.15) is 0 Å². The molecule has 0 aliphatic carbocycles. The molecule has 2 aliphatic heterocycles. The van der Waals surface area contributed by atoms with Crippen LogP contribution in [0.5, 0.6) is 0 Å². The van der Waals surface area contributed by atoms with Gasteiger partial charge < -0.3 is 9.47 Å². The lowest BCUT2D eigenvalue weighted by molar-refractivity contribution is 0.00710.